The molecule has 0 atom stereocenters. The molecule has 6 nitrogen and oxygen atoms in total. The quantitative estimate of drug-likeness (QED) is 0.659. The first-order valence-corrected chi connectivity index (χ1v) is 9.72. The van der Waals surface area contributed by atoms with E-state index in [1.807, 2.05) is 26.0 Å². The lowest BCUT2D eigenvalue weighted by atomic mass is 10.0. The van der Waals surface area contributed by atoms with Gasteiger partial charge in [0.25, 0.3) is 0 Å². The van der Waals surface area contributed by atoms with E-state index in [1.54, 1.807) is 35.2 Å². The number of rotatable bonds is 9. The van der Waals surface area contributed by atoms with Crippen molar-refractivity contribution in [1.29, 1.82) is 0 Å². The molecule has 0 spiro atoms. The molecule has 0 aliphatic rings. The van der Waals surface area contributed by atoms with Crippen LogP contribution in [0.25, 0.3) is 0 Å². The molecule has 2 aromatic rings. The zero-order chi connectivity index (χ0) is 21.4. The van der Waals surface area contributed by atoms with Gasteiger partial charge in [0.15, 0.2) is 5.78 Å². The molecule has 2 aromatic carbocycles. The molecule has 2 rings (SSSR count). The number of hydrogen-bond acceptors (Lipinski definition) is 4. The van der Waals surface area contributed by atoms with E-state index in [0.717, 1.165) is 5.56 Å². The molecule has 0 unspecified atom stereocenters. The highest BCUT2D eigenvalue weighted by Crippen LogP contribution is 2.21. The number of Topliss-reactive ketones (excluding diaryl/α,β-unsaturated/α-hetero) is 1. The summed E-state index contributed by atoms with van der Waals surface area (Å²) in [6.45, 7) is 6.79. The van der Waals surface area contributed by atoms with Crippen LogP contribution in [0.3, 0.4) is 0 Å². The molecular formula is C23H28N2O4. The summed E-state index contributed by atoms with van der Waals surface area (Å²) in [6, 6.07) is 12.3. The summed E-state index contributed by atoms with van der Waals surface area (Å²) in [5.74, 6) is 0.375. The van der Waals surface area contributed by atoms with Gasteiger partial charge >= 0.3 is 0 Å². The molecule has 0 saturated carbocycles. The Hall–Kier alpha value is -3.15. The molecule has 0 bridgehead atoms. The lowest BCUT2D eigenvalue weighted by molar-refractivity contribution is -0.130. The Bertz CT molecular complexity index is 871. The molecule has 2 amide bonds. The minimum atomic E-state index is -0.212. The number of benzene rings is 2. The number of amides is 2. The SMILES string of the molecule is CCN(CC)C(=O)Cc1ccc(NC(=O)Cc2cc(C(C)=O)ccc2OC)cc1. The normalized spacial score (nSPS) is 10.3. The van der Waals surface area contributed by atoms with Crippen molar-refractivity contribution in [3.05, 3.63) is 59.2 Å². The van der Waals surface area contributed by atoms with E-state index in [9.17, 15) is 14.4 Å². The summed E-state index contributed by atoms with van der Waals surface area (Å²) in [5.41, 5.74) is 2.74. The maximum Gasteiger partial charge on any atom is 0.228 e. The Balaban J connectivity index is 2.02. The van der Waals surface area contributed by atoms with Gasteiger partial charge in [-0.3, -0.25) is 14.4 Å². The van der Waals surface area contributed by atoms with Crippen molar-refractivity contribution in [1.82, 2.24) is 4.90 Å². The van der Waals surface area contributed by atoms with Crippen molar-refractivity contribution >= 4 is 23.3 Å². The number of nitrogens with one attached hydrogen (secondary N) is 1. The smallest absolute Gasteiger partial charge is 0.228 e. The average Bonchev–Trinajstić information content (AvgIpc) is 2.70. The van der Waals surface area contributed by atoms with Crippen molar-refractivity contribution < 1.29 is 19.1 Å². The van der Waals surface area contributed by atoms with Crippen molar-refractivity contribution in [2.45, 2.75) is 33.6 Å². The second-order valence-corrected chi connectivity index (χ2v) is 6.75. The van der Waals surface area contributed by atoms with Crippen molar-refractivity contribution in [2.24, 2.45) is 0 Å². The average molecular weight is 396 g/mol. The Morgan fingerprint density at radius 2 is 1.62 bits per heavy atom. The lowest BCUT2D eigenvalue weighted by Gasteiger charge is -2.18. The number of anilines is 1. The number of hydrogen-bond donors (Lipinski definition) is 1. The number of nitrogens with zero attached hydrogens (tertiary/aromatic N) is 1. The van der Waals surface area contributed by atoms with Crippen LogP contribution < -0.4 is 10.1 Å². The van der Waals surface area contributed by atoms with Gasteiger partial charge in [0.05, 0.1) is 20.0 Å². The minimum Gasteiger partial charge on any atom is -0.496 e. The monoisotopic (exact) mass is 396 g/mol. The second kappa shape index (κ2) is 10.4. The fourth-order valence-corrected chi connectivity index (χ4v) is 3.08. The van der Waals surface area contributed by atoms with Crippen LogP contribution >= 0.6 is 0 Å². The van der Waals surface area contributed by atoms with Crippen molar-refractivity contribution in [2.75, 3.05) is 25.5 Å². The largest absolute Gasteiger partial charge is 0.496 e. The second-order valence-electron chi connectivity index (χ2n) is 6.75. The standard InChI is InChI=1S/C23H28N2O4/c1-5-25(6-2)23(28)13-17-7-10-20(11-8-17)24-22(27)15-19-14-18(16(3)26)9-12-21(19)29-4/h7-12,14H,5-6,13,15H2,1-4H3,(H,24,27). The van der Waals surface area contributed by atoms with Crippen LogP contribution in [0.5, 0.6) is 5.75 Å². The van der Waals surface area contributed by atoms with E-state index in [-0.39, 0.29) is 24.0 Å². The molecule has 0 fully saturated rings. The van der Waals surface area contributed by atoms with E-state index in [0.29, 0.717) is 42.1 Å². The van der Waals surface area contributed by atoms with Gasteiger partial charge in [-0.05, 0) is 56.7 Å². The summed E-state index contributed by atoms with van der Waals surface area (Å²) in [4.78, 5) is 38.0. The third-order valence-corrected chi connectivity index (χ3v) is 4.75. The van der Waals surface area contributed by atoms with E-state index >= 15 is 0 Å². The first-order valence-electron chi connectivity index (χ1n) is 9.72. The van der Waals surface area contributed by atoms with E-state index in [2.05, 4.69) is 5.32 Å². The molecule has 0 heterocycles. The van der Waals surface area contributed by atoms with Crippen molar-refractivity contribution in [3.63, 3.8) is 0 Å². The molecular weight excluding hydrogens is 368 g/mol. The van der Waals surface area contributed by atoms with Crippen LogP contribution in [0.15, 0.2) is 42.5 Å². The first-order chi connectivity index (χ1) is 13.9. The van der Waals surface area contributed by atoms with Crippen LogP contribution in [0, 0.1) is 0 Å². The number of likely N-dealkylation sites (N-methyl/N-ethyl adjacent to an activating group) is 1. The topological polar surface area (TPSA) is 75.7 Å². The third-order valence-electron chi connectivity index (χ3n) is 4.75. The molecule has 0 saturated heterocycles. The first kappa shape index (κ1) is 22.1. The van der Waals surface area contributed by atoms with Crippen LogP contribution in [-0.2, 0) is 22.4 Å². The van der Waals surface area contributed by atoms with E-state index < -0.39 is 0 Å². The van der Waals surface area contributed by atoms with Gasteiger partial charge in [-0.25, -0.2) is 0 Å². The zero-order valence-electron chi connectivity index (χ0n) is 17.5. The molecule has 6 heteroatoms. The predicted octanol–water partition coefficient (Wildman–Crippen LogP) is 3.49. The maximum absolute atomic E-state index is 12.4. The van der Waals surface area contributed by atoms with Crippen LogP contribution in [0.2, 0.25) is 0 Å². The van der Waals surface area contributed by atoms with Crippen LogP contribution in [0.1, 0.15) is 42.3 Å². The lowest BCUT2D eigenvalue weighted by Crippen LogP contribution is -2.31. The molecule has 154 valence electrons. The molecule has 1 N–H and O–H groups in total. The van der Waals surface area contributed by atoms with Gasteiger partial charge in [0, 0.05) is 29.9 Å². The zero-order valence-corrected chi connectivity index (χ0v) is 17.5. The van der Waals surface area contributed by atoms with Gasteiger partial charge in [-0.15, -0.1) is 0 Å². The summed E-state index contributed by atoms with van der Waals surface area (Å²) >= 11 is 0. The summed E-state index contributed by atoms with van der Waals surface area (Å²) in [6.07, 6.45) is 0.428. The van der Waals surface area contributed by atoms with Gasteiger partial charge in [-0.2, -0.15) is 0 Å². The predicted molar refractivity (Wildman–Crippen MR) is 113 cm³/mol. The Morgan fingerprint density at radius 1 is 0.966 bits per heavy atom. The van der Waals surface area contributed by atoms with Gasteiger partial charge in [0.1, 0.15) is 5.75 Å². The number of carbonyl (C=O) groups excluding carboxylic acids is 3. The van der Waals surface area contributed by atoms with Gasteiger partial charge < -0.3 is 15.0 Å². The Morgan fingerprint density at radius 3 is 2.17 bits per heavy atom. The fourth-order valence-electron chi connectivity index (χ4n) is 3.08. The molecule has 0 aliphatic heterocycles. The Kier molecular flexibility index (Phi) is 7.95. The Labute approximate surface area is 171 Å². The number of carbonyl (C=O) groups is 3. The molecule has 0 aliphatic carbocycles. The fraction of sp³-hybridized carbons (Fsp3) is 0.348. The van der Waals surface area contributed by atoms with E-state index in [1.165, 1.54) is 14.0 Å². The molecule has 0 aromatic heterocycles. The van der Waals surface area contributed by atoms with Crippen LogP contribution in [0.4, 0.5) is 5.69 Å². The van der Waals surface area contributed by atoms with Gasteiger partial charge in [-0.1, -0.05) is 12.1 Å². The number of methoxy groups -OCH3 is 1. The minimum absolute atomic E-state index is 0.0656. The summed E-state index contributed by atoms with van der Waals surface area (Å²) in [7, 11) is 1.53. The van der Waals surface area contributed by atoms with Crippen molar-refractivity contribution in [3.8, 4) is 5.75 Å². The summed E-state index contributed by atoms with van der Waals surface area (Å²) in [5, 5.41) is 2.84. The highest BCUT2D eigenvalue weighted by Gasteiger charge is 2.13. The highest BCUT2D eigenvalue weighted by atomic mass is 16.5. The number of ether oxygens (including phenoxy) is 1. The maximum atomic E-state index is 12.4. The van der Waals surface area contributed by atoms with Gasteiger partial charge in [0.2, 0.25) is 11.8 Å². The highest BCUT2D eigenvalue weighted by molar-refractivity contribution is 5.96. The molecule has 29 heavy (non-hydrogen) atoms. The summed E-state index contributed by atoms with van der Waals surface area (Å²) < 4.78 is 5.29. The molecule has 0 radical (unpaired) electrons. The number of ketones is 1. The third kappa shape index (κ3) is 6.17. The van der Waals surface area contributed by atoms with E-state index in [4.69, 9.17) is 4.74 Å². The van der Waals surface area contributed by atoms with Crippen LogP contribution in [-0.4, -0.2) is 42.7 Å².